The number of nitrogens with zero attached hydrogens (tertiary/aromatic N) is 6. The average molecular weight is 866 g/mol. The minimum atomic E-state index is 0.485. The zero-order valence-corrected chi connectivity index (χ0v) is 37.5. The lowest BCUT2D eigenvalue weighted by Gasteiger charge is -2.22. The second kappa shape index (κ2) is 15.3. The Morgan fingerprint density at radius 2 is 1.07 bits per heavy atom. The van der Waals surface area contributed by atoms with Gasteiger partial charge in [0.2, 0.25) is 0 Å². The van der Waals surface area contributed by atoms with Crippen LogP contribution in [0.3, 0.4) is 0 Å². The van der Waals surface area contributed by atoms with Crippen molar-refractivity contribution >= 4 is 105 Å². The Kier molecular flexibility index (Phi) is 8.89. The number of aromatic nitrogens is 5. The van der Waals surface area contributed by atoms with Gasteiger partial charge in [-0.05, 0) is 59.7 Å². The van der Waals surface area contributed by atoms with Crippen LogP contribution in [0.1, 0.15) is 5.56 Å². The SMILES string of the molecule is Bc1c(B)c(-n2c3ccccc3c3ccc4c(c5ccccc5n4-c4ccccc4)c32)c(C#N)c(B)c1-c1nc(-c2cccc(-c3ccccc3)c2)nc(-c2cccc3c2oc2ccccc23)n1. The molecule has 0 radical (unpaired) electrons. The van der Waals surface area contributed by atoms with E-state index >= 15 is 0 Å². The van der Waals surface area contributed by atoms with Crippen LogP contribution in [0.15, 0.2) is 192 Å². The highest BCUT2D eigenvalue weighted by molar-refractivity contribution is 6.56. The lowest BCUT2D eigenvalue weighted by atomic mass is 9.69. The number of fused-ring (bicyclic) bond motifs is 10. The van der Waals surface area contributed by atoms with Gasteiger partial charge < -0.3 is 13.6 Å². The van der Waals surface area contributed by atoms with Crippen molar-refractivity contribution in [1.82, 2.24) is 24.1 Å². The van der Waals surface area contributed by atoms with Gasteiger partial charge in [-0.15, -0.1) is 0 Å². The minimum absolute atomic E-state index is 0.485. The predicted octanol–water partition coefficient (Wildman–Crippen LogP) is 9.28. The van der Waals surface area contributed by atoms with E-state index in [1.54, 1.807) is 0 Å². The van der Waals surface area contributed by atoms with E-state index in [-0.39, 0.29) is 0 Å². The molecule has 314 valence electrons. The monoisotopic (exact) mass is 866 g/mol. The van der Waals surface area contributed by atoms with Crippen molar-refractivity contribution in [1.29, 1.82) is 5.26 Å². The smallest absolute Gasteiger partial charge is 0.167 e. The second-order valence-electron chi connectivity index (χ2n) is 17.5. The van der Waals surface area contributed by atoms with E-state index in [1.807, 2.05) is 68.5 Å². The lowest BCUT2D eigenvalue weighted by molar-refractivity contribution is 0.669. The van der Waals surface area contributed by atoms with E-state index in [0.29, 0.717) is 28.6 Å². The Labute approximate surface area is 393 Å². The molecule has 0 unspecified atom stereocenters. The summed E-state index contributed by atoms with van der Waals surface area (Å²) in [5.74, 6) is 1.49. The molecule has 0 fully saturated rings. The topological polar surface area (TPSA) is 85.5 Å². The highest BCUT2D eigenvalue weighted by Crippen LogP contribution is 2.42. The van der Waals surface area contributed by atoms with Crippen LogP contribution < -0.4 is 16.4 Å². The van der Waals surface area contributed by atoms with Crippen LogP contribution in [-0.4, -0.2) is 47.6 Å². The molecule has 0 saturated carbocycles. The van der Waals surface area contributed by atoms with Gasteiger partial charge in [0.05, 0.1) is 38.9 Å². The minimum Gasteiger partial charge on any atom is -0.455 e. The first kappa shape index (κ1) is 39.4. The summed E-state index contributed by atoms with van der Waals surface area (Å²) in [6.07, 6.45) is 0. The molecule has 4 aromatic heterocycles. The zero-order valence-electron chi connectivity index (χ0n) is 37.5. The largest absolute Gasteiger partial charge is 0.455 e. The first-order valence-corrected chi connectivity index (χ1v) is 22.8. The summed E-state index contributed by atoms with van der Waals surface area (Å²) in [4.78, 5) is 15.9. The second-order valence-corrected chi connectivity index (χ2v) is 17.5. The summed E-state index contributed by atoms with van der Waals surface area (Å²) in [6.45, 7) is 0. The van der Waals surface area contributed by atoms with Gasteiger partial charge in [-0.1, -0.05) is 156 Å². The number of rotatable bonds is 6. The number of furan rings is 1. The molecule has 0 N–H and O–H groups in total. The van der Waals surface area contributed by atoms with E-state index in [0.717, 1.165) is 116 Å². The molecular formula is C58H37B3N6O. The quantitative estimate of drug-likeness (QED) is 0.156. The fourth-order valence-corrected chi connectivity index (χ4v) is 10.6. The fourth-order valence-electron chi connectivity index (χ4n) is 10.6. The van der Waals surface area contributed by atoms with Crippen molar-refractivity contribution in [2.24, 2.45) is 0 Å². The average Bonchev–Trinajstić information content (AvgIpc) is 4.06. The molecule has 7 nitrogen and oxygen atoms in total. The van der Waals surface area contributed by atoms with Gasteiger partial charge in [0.25, 0.3) is 0 Å². The maximum atomic E-state index is 11.5. The van der Waals surface area contributed by atoms with Crippen LogP contribution in [0.5, 0.6) is 0 Å². The van der Waals surface area contributed by atoms with Crippen LogP contribution in [0.4, 0.5) is 0 Å². The Hall–Kier alpha value is -8.93. The highest BCUT2D eigenvalue weighted by Gasteiger charge is 2.27. The van der Waals surface area contributed by atoms with Crippen molar-refractivity contribution in [3.8, 4) is 62.7 Å². The number of para-hydroxylation sites is 5. The summed E-state index contributed by atoms with van der Waals surface area (Å²) in [6, 6.07) is 67.8. The highest BCUT2D eigenvalue weighted by atomic mass is 16.3. The Balaban J connectivity index is 1.09. The van der Waals surface area contributed by atoms with Crippen molar-refractivity contribution in [2.45, 2.75) is 0 Å². The molecule has 0 aliphatic rings. The Bertz CT molecular complexity index is 4260. The van der Waals surface area contributed by atoms with Crippen molar-refractivity contribution in [2.75, 3.05) is 0 Å². The van der Waals surface area contributed by atoms with Gasteiger partial charge in [0.15, 0.2) is 17.5 Å². The van der Waals surface area contributed by atoms with Crippen molar-refractivity contribution in [3.05, 3.63) is 194 Å². The summed E-state index contributed by atoms with van der Waals surface area (Å²) in [7, 11) is 6.30. The molecule has 0 spiro atoms. The molecule has 9 aromatic carbocycles. The standard InChI is InChI=1S/C58H37B3N6O/c59-50-43(32-62)54(67-44-26-10-7-21-37(44)39-29-30-46-48(53(39)67)41-23-8-11-27-45(41)66(46)36-19-5-2-6-20-36)52(61)51(60)49(50)58-64-56(35-18-13-17-34(31-35)33-15-3-1-4-16-33)63-57(65-58)42-25-14-24-40-38-22-9-12-28-47(38)68-55(40)42/h1-31H,59-61H2. The van der Waals surface area contributed by atoms with Gasteiger partial charge in [-0.3, -0.25) is 0 Å². The molecule has 0 amide bonds. The molecule has 0 bridgehead atoms. The third kappa shape index (κ3) is 5.86. The number of hydrogen-bond donors (Lipinski definition) is 0. The first-order chi connectivity index (χ1) is 33.5. The van der Waals surface area contributed by atoms with Crippen LogP contribution in [0.25, 0.3) is 122 Å². The van der Waals surface area contributed by atoms with E-state index in [1.165, 1.54) is 0 Å². The molecule has 0 saturated heterocycles. The summed E-state index contributed by atoms with van der Waals surface area (Å²) < 4.78 is 11.3. The Morgan fingerprint density at radius 1 is 0.456 bits per heavy atom. The number of hydrogen-bond acceptors (Lipinski definition) is 5. The summed E-state index contributed by atoms with van der Waals surface area (Å²) >= 11 is 0. The van der Waals surface area contributed by atoms with Crippen molar-refractivity contribution < 1.29 is 4.42 Å². The number of benzene rings is 9. The van der Waals surface area contributed by atoms with Crippen molar-refractivity contribution in [3.63, 3.8) is 0 Å². The van der Waals surface area contributed by atoms with Gasteiger partial charge >= 0.3 is 0 Å². The van der Waals surface area contributed by atoms with Gasteiger partial charge in [0.1, 0.15) is 40.8 Å². The molecule has 13 aromatic rings. The van der Waals surface area contributed by atoms with Gasteiger partial charge in [0, 0.05) is 49.1 Å². The normalized spacial score (nSPS) is 11.7. The fraction of sp³-hybridized carbons (Fsp3) is 0. The van der Waals surface area contributed by atoms with E-state index in [4.69, 9.17) is 19.4 Å². The molecule has 4 heterocycles. The molecule has 0 atom stereocenters. The molecule has 0 aliphatic carbocycles. The number of nitriles is 1. The third-order valence-corrected chi connectivity index (χ3v) is 13.8. The molecule has 0 aliphatic heterocycles. The summed E-state index contributed by atoms with van der Waals surface area (Å²) in [5, 5.41) is 18.0. The van der Waals surface area contributed by atoms with Crippen LogP contribution in [0, 0.1) is 11.3 Å². The van der Waals surface area contributed by atoms with Crippen LogP contribution in [-0.2, 0) is 0 Å². The maximum absolute atomic E-state index is 11.5. The van der Waals surface area contributed by atoms with Gasteiger partial charge in [-0.25, -0.2) is 15.0 Å². The van der Waals surface area contributed by atoms with Crippen LogP contribution in [0.2, 0.25) is 0 Å². The third-order valence-electron chi connectivity index (χ3n) is 13.8. The molecular weight excluding hydrogens is 829 g/mol. The van der Waals surface area contributed by atoms with E-state index in [2.05, 4.69) is 158 Å². The van der Waals surface area contributed by atoms with Gasteiger partial charge in [-0.2, -0.15) is 5.26 Å². The van der Waals surface area contributed by atoms with E-state index in [9.17, 15) is 5.26 Å². The first-order valence-electron chi connectivity index (χ1n) is 22.8. The maximum Gasteiger partial charge on any atom is 0.167 e. The molecule has 68 heavy (non-hydrogen) atoms. The lowest BCUT2D eigenvalue weighted by Crippen LogP contribution is -2.39. The predicted molar refractivity (Wildman–Crippen MR) is 287 cm³/mol. The molecule has 10 heteroatoms. The summed E-state index contributed by atoms with van der Waals surface area (Å²) in [5.41, 5.74) is 15.6. The molecule has 13 rings (SSSR count). The zero-order chi connectivity index (χ0) is 45.6. The Morgan fingerprint density at radius 3 is 1.87 bits per heavy atom. The van der Waals surface area contributed by atoms with E-state index < -0.39 is 0 Å². The van der Waals surface area contributed by atoms with Crippen LogP contribution >= 0.6 is 0 Å².